The van der Waals surface area contributed by atoms with E-state index in [1.807, 2.05) is 24.3 Å². The number of nitrogens with zero attached hydrogens (tertiary/aromatic N) is 1. The SMILES string of the molecule is COc1cc(P(C)C)ccc1NCC#Cc1sc2c(N[C@@H]3CCN(C4CC5CCC(C4)O5)C[C@@H]3F)cccc2c1CC(F)(F)F. The summed E-state index contributed by atoms with van der Waals surface area (Å²) in [7, 11) is 1.33. The van der Waals surface area contributed by atoms with Gasteiger partial charge in [-0.2, -0.15) is 13.2 Å². The normalized spacial score (nSPS) is 25.3. The number of fused-ring (bicyclic) bond motifs is 3. The number of hydrogen-bond acceptors (Lipinski definition) is 6. The highest BCUT2D eigenvalue weighted by Crippen LogP contribution is 2.40. The first kappa shape index (κ1) is 32.4. The van der Waals surface area contributed by atoms with Crippen LogP contribution < -0.4 is 20.7 Å². The minimum atomic E-state index is -4.39. The van der Waals surface area contributed by atoms with E-state index in [4.69, 9.17) is 9.47 Å². The Morgan fingerprint density at radius 1 is 1.09 bits per heavy atom. The molecule has 11 heteroatoms. The molecular formula is C34H40F4N3O2PS. The lowest BCUT2D eigenvalue weighted by Gasteiger charge is -2.42. The zero-order valence-electron chi connectivity index (χ0n) is 25.8. The molecule has 3 aromatic rings. The maximum Gasteiger partial charge on any atom is 0.393 e. The molecule has 45 heavy (non-hydrogen) atoms. The van der Waals surface area contributed by atoms with Gasteiger partial charge in [-0.05, 0) is 79.9 Å². The van der Waals surface area contributed by atoms with Crippen molar-refractivity contribution in [1.82, 2.24) is 4.90 Å². The molecular weight excluding hydrogens is 621 g/mol. The van der Waals surface area contributed by atoms with Crippen LogP contribution >= 0.6 is 19.3 Å². The van der Waals surface area contributed by atoms with Crippen molar-refractivity contribution >= 4 is 46.0 Å². The number of piperidine rings is 1. The fraction of sp³-hybridized carbons (Fsp3) is 0.529. The Labute approximate surface area is 267 Å². The van der Waals surface area contributed by atoms with Crippen molar-refractivity contribution in [1.29, 1.82) is 0 Å². The molecule has 0 aliphatic carbocycles. The van der Waals surface area contributed by atoms with Crippen LogP contribution in [0.4, 0.5) is 28.9 Å². The third kappa shape index (κ3) is 7.54. The maximum atomic E-state index is 15.6. The first-order valence-electron chi connectivity index (χ1n) is 15.6. The predicted molar refractivity (Wildman–Crippen MR) is 178 cm³/mol. The van der Waals surface area contributed by atoms with E-state index in [9.17, 15) is 13.2 Å². The second kappa shape index (κ2) is 13.7. The number of ether oxygens (including phenoxy) is 2. The topological polar surface area (TPSA) is 45.8 Å². The minimum absolute atomic E-state index is 0.167. The van der Waals surface area contributed by atoms with E-state index in [2.05, 4.69) is 40.7 Å². The van der Waals surface area contributed by atoms with Crippen molar-refractivity contribution in [2.45, 2.75) is 75.2 Å². The number of alkyl halides is 4. The van der Waals surface area contributed by atoms with Gasteiger partial charge in [-0.1, -0.05) is 38.0 Å². The van der Waals surface area contributed by atoms with E-state index < -0.39 is 24.8 Å². The maximum absolute atomic E-state index is 15.6. The van der Waals surface area contributed by atoms with Gasteiger partial charge in [-0.25, -0.2) is 4.39 Å². The number of halogens is 4. The first-order valence-corrected chi connectivity index (χ1v) is 18.6. The monoisotopic (exact) mass is 661 g/mol. The Morgan fingerprint density at radius 3 is 2.56 bits per heavy atom. The number of hydrogen-bond donors (Lipinski definition) is 2. The lowest BCUT2D eigenvalue weighted by molar-refractivity contribution is -0.126. The van der Waals surface area contributed by atoms with Crippen LogP contribution in [-0.4, -0.2) is 81.6 Å². The zero-order chi connectivity index (χ0) is 31.7. The van der Waals surface area contributed by atoms with Crippen LogP contribution in [0.15, 0.2) is 36.4 Å². The highest BCUT2D eigenvalue weighted by Gasteiger charge is 2.40. The number of methoxy groups -OCH3 is 1. The summed E-state index contributed by atoms with van der Waals surface area (Å²) in [6, 6.07) is 11.2. The average Bonchev–Trinajstić information content (AvgIpc) is 3.53. The largest absolute Gasteiger partial charge is 0.495 e. The second-order valence-corrected chi connectivity index (χ2v) is 15.8. The van der Waals surface area contributed by atoms with E-state index in [1.54, 1.807) is 19.2 Å². The average molecular weight is 662 g/mol. The smallest absolute Gasteiger partial charge is 0.393 e. The molecule has 0 saturated carbocycles. The summed E-state index contributed by atoms with van der Waals surface area (Å²) < 4.78 is 69.0. The molecule has 2 N–H and O–H groups in total. The molecule has 0 spiro atoms. The molecule has 5 nitrogen and oxygen atoms in total. The Kier molecular flexibility index (Phi) is 9.82. The highest BCUT2D eigenvalue weighted by atomic mass is 32.1. The molecule has 0 amide bonds. The number of likely N-dealkylation sites (tertiary alicyclic amines) is 1. The van der Waals surface area contributed by atoms with E-state index in [1.165, 1.54) is 16.6 Å². The Morgan fingerprint density at radius 2 is 1.87 bits per heavy atom. The van der Waals surface area contributed by atoms with Gasteiger partial charge < -0.3 is 20.1 Å². The molecule has 0 radical (unpaired) electrons. The molecule has 2 unspecified atom stereocenters. The highest BCUT2D eigenvalue weighted by molar-refractivity contribution is 7.64. The van der Waals surface area contributed by atoms with Crippen molar-refractivity contribution in [3.8, 4) is 17.6 Å². The molecule has 6 rings (SSSR count). The summed E-state index contributed by atoms with van der Waals surface area (Å²) in [4.78, 5) is 2.66. The van der Waals surface area contributed by atoms with Crippen molar-refractivity contribution in [3.63, 3.8) is 0 Å². The molecule has 4 atom stereocenters. The van der Waals surface area contributed by atoms with Crippen molar-refractivity contribution < 1.29 is 27.0 Å². The van der Waals surface area contributed by atoms with Gasteiger partial charge in [0.2, 0.25) is 0 Å². The van der Waals surface area contributed by atoms with Crippen LogP contribution in [0, 0.1) is 11.8 Å². The summed E-state index contributed by atoms with van der Waals surface area (Å²) in [5.74, 6) is 6.73. The van der Waals surface area contributed by atoms with E-state index in [0.717, 1.165) is 37.9 Å². The molecule has 3 saturated heterocycles. The van der Waals surface area contributed by atoms with Gasteiger partial charge in [-0.3, -0.25) is 4.90 Å². The zero-order valence-corrected chi connectivity index (χ0v) is 27.6. The molecule has 4 heterocycles. The summed E-state index contributed by atoms with van der Waals surface area (Å²) in [6.07, 6.45) is -1.17. The minimum Gasteiger partial charge on any atom is -0.495 e. The molecule has 3 aliphatic heterocycles. The third-order valence-corrected chi connectivity index (χ3v) is 11.7. The standard InChI is InChI=1S/C34H40F4N3O2PS/c1-42-31-18-24(44(2)3)11-12-29(31)39-14-5-8-32-26(19-34(36,37)38)25-6-4-7-30(33(25)45-32)40-28-13-15-41(20-27(28)35)21-16-22-9-10-23(17-21)43-22/h4,6-7,11-12,18,21-23,27-28,39-40H,9-10,13-17,19-20H2,1-3H3/t21?,22?,23?,27-,28+/m0/s1. The Balaban J connectivity index is 1.18. The second-order valence-electron chi connectivity index (χ2n) is 12.5. The number of rotatable bonds is 8. The quantitative estimate of drug-likeness (QED) is 0.150. The van der Waals surface area contributed by atoms with Crippen LogP contribution in [0.25, 0.3) is 10.1 Å². The number of anilines is 2. The summed E-state index contributed by atoms with van der Waals surface area (Å²) in [5, 5.41) is 8.33. The van der Waals surface area contributed by atoms with Crippen LogP contribution in [0.3, 0.4) is 0 Å². The molecule has 2 aromatic carbocycles. The number of thiophene rings is 1. The van der Waals surface area contributed by atoms with E-state index >= 15 is 4.39 Å². The fourth-order valence-electron chi connectivity index (χ4n) is 6.88. The van der Waals surface area contributed by atoms with E-state index in [-0.39, 0.29) is 20.0 Å². The molecule has 1 aromatic heterocycles. The van der Waals surface area contributed by atoms with Crippen molar-refractivity contribution in [3.05, 3.63) is 46.8 Å². The van der Waals surface area contributed by atoms with Gasteiger partial charge in [-0.15, -0.1) is 11.3 Å². The van der Waals surface area contributed by atoms with Gasteiger partial charge in [0.15, 0.2) is 0 Å². The van der Waals surface area contributed by atoms with Crippen LogP contribution in [0.1, 0.15) is 42.5 Å². The van der Waals surface area contributed by atoms with Crippen molar-refractivity contribution in [2.75, 3.05) is 50.7 Å². The summed E-state index contributed by atoms with van der Waals surface area (Å²) in [6.45, 7) is 5.73. The summed E-state index contributed by atoms with van der Waals surface area (Å²) in [5.41, 5.74) is 1.61. The van der Waals surface area contributed by atoms with E-state index in [0.29, 0.717) is 57.6 Å². The first-order chi connectivity index (χ1) is 21.6. The van der Waals surface area contributed by atoms with Gasteiger partial charge in [0, 0.05) is 19.1 Å². The molecule has 3 aliphatic rings. The van der Waals surface area contributed by atoms with Crippen LogP contribution in [0.5, 0.6) is 5.75 Å². The van der Waals surface area contributed by atoms with Gasteiger partial charge in [0.1, 0.15) is 11.9 Å². The van der Waals surface area contributed by atoms with Crippen molar-refractivity contribution in [2.24, 2.45) is 0 Å². The predicted octanol–water partition coefficient (Wildman–Crippen LogP) is 7.38. The Bertz CT molecular complexity index is 1560. The number of nitrogens with one attached hydrogen (secondary N) is 2. The molecule has 3 fully saturated rings. The van der Waals surface area contributed by atoms with Gasteiger partial charge in [0.05, 0.1) is 59.3 Å². The Hall–Kier alpha value is -2.57. The van der Waals surface area contributed by atoms with Crippen LogP contribution in [-0.2, 0) is 11.2 Å². The summed E-state index contributed by atoms with van der Waals surface area (Å²) >= 11 is 1.24. The number of benzene rings is 2. The fourth-order valence-corrected chi connectivity index (χ4v) is 8.80. The van der Waals surface area contributed by atoms with Gasteiger partial charge in [0.25, 0.3) is 0 Å². The van der Waals surface area contributed by atoms with Crippen LogP contribution in [0.2, 0.25) is 0 Å². The molecule has 242 valence electrons. The third-order valence-electron chi connectivity index (χ3n) is 9.16. The molecule has 2 bridgehead atoms. The lowest BCUT2D eigenvalue weighted by Crippen LogP contribution is -2.53. The lowest BCUT2D eigenvalue weighted by atomic mass is 9.96. The van der Waals surface area contributed by atoms with Gasteiger partial charge >= 0.3 is 6.18 Å².